The fourth-order valence-corrected chi connectivity index (χ4v) is 5.26. The average Bonchev–Trinajstić information content (AvgIpc) is 1.91. The summed E-state index contributed by atoms with van der Waals surface area (Å²) in [5.41, 5.74) is 0. The molecule has 0 amide bonds. The summed E-state index contributed by atoms with van der Waals surface area (Å²) in [4.78, 5) is 0.616. The first-order chi connectivity index (χ1) is 4.76. The molecule has 0 aromatic carbocycles. The van der Waals surface area contributed by atoms with Gasteiger partial charge in [-0.05, 0) is 12.3 Å². The molecule has 0 heterocycles. The van der Waals surface area contributed by atoms with Crippen LogP contribution in [0.15, 0.2) is 0 Å². The summed E-state index contributed by atoms with van der Waals surface area (Å²) < 4.78 is 0. The summed E-state index contributed by atoms with van der Waals surface area (Å²) in [5.74, 6) is 0.692. The third-order valence-electron chi connectivity index (χ3n) is 1.29. The van der Waals surface area contributed by atoms with Crippen molar-refractivity contribution in [3.63, 3.8) is 0 Å². The van der Waals surface area contributed by atoms with Crippen molar-refractivity contribution in [1.82, 2.24) is 0 Å². The molecule has 0 fully saturated rings. The van der Waals surface area contributed by atoms with Gasteiger partial charge in [-0.3, -0.25) is 0 Å². The first-order valence-corrected chi connectivity index (χ1v) is 7.36. The molecule has 0 aromatic heterocycles. The Balaban J connectivity index is 3.53. The molecule has 0 rings (SSSR count). The van der Waals surface area contributed by atoms with E-state index in [-0.39, 0.29) is 0 Å². The van der Waals surface area contributed by atoms with Crippen LogP contribution in [0.1, 0.15) is 6.42 Å². The van der Waals surface area contributed by atoms with Gasteiger partial charge in [0, 0.05) is 20.8 Å². The molecule has 0 saturated carbocycles. The van der Waals surface area contributed by atoms with E-state index in [4.69, 9.17) is 0 Å². The number of halogens is 4. The first kappa shape index (κ1) is 11.9. The topological polar surface area (TPSA) is 0 Å². The van der Waals surface area contributed by atoms with Gasteiger partial charge >= 0.3 is 0 Å². The van der Waals surface area contributed by atoms with Crippen LogP contribution in [0.4, 0.5) is 0 Å². The van der Waals surface area contributed by atoms with Crippen molar-refractivity contribution in [3.8, 4) is 0 Å². The molecule has 0 bridgehead atoms. The molecule has 0 radical (unpaired) electrons. The van der Waals surface area contributed by atoms with Crippen molar-refractivity contribution in [2.45, 2.75) is 11.2 Å². The van der Waals surface area contributed by atoms with E-state index in [0.717, 1.165) is 16.0 Å². The summed E-state index contributed by atoms with van der Waals surface area (Å²) in [6.07, 6.45) is 1.18. The standard InChI is InChI=1S/C6H10Br4/c7-2-1-6(10)5(3-8)4-9/h5-6H,1-4H2. The van der Waals surface area contributed by atoms with Crippen LogP contribution in [0.3, 0.4) is 0 Å². The number of rotatable bonds is 5. The molecule has 0 aliphatic carbocycles. The third kappa shape index (κ3) is 4.73. The Morgan fingerprint density at radius 1 is 1.00 bits per heavy atom. The molecular formula is C6H10Br4. The minimum absolute atomic E-state index is 0.616. The van der Waals surface area contributed by atoms with Gasteiger partial charge in [-0.15, -0.1) is 0 Å². The second-order valence-corrected chi connectivity index (χ2v) is 5.33. The zero-order valence-electron chi connectivity index (χ0n) is 5.49. The molecule has 0 N–H and O–H groups in total. The zero-order valence-corrected chi connectivity index (χ0v) is 11.8. The van der Waals surface area contributed by atoms with E-state index < -0.39 is 0 Å². The largest absolute Gasteiger partial charge is 0.0928 e. The summed E-state index contributed by atoms with van der Waals surface area (Å²) in [6, 6.07) is 0. The Labute approximate surface area is 96.0 Å². The molecule has 0 spiro atoms. The quantitative estimate of drug-likeness (QED) is 0.612. The van der Waals surface area contributed by atoms with Gasteiger partial charge in [0.05, 0.1) is 0 Å². The monoisotopic (exact) mass is 398 g/mol. The second-order valence-electron chi connectivity index (χ2n) is 2.06. The van der Waals surface area contributed by atoms with E-state index in [2.05, 4.69) is 63.7 Å². The number of hydrogen-bond donors (Lipinski definition) is 0. The lowest BCUT2D eigenvalue weighted by Crippen LogP contribution is -2.17. The maximum atomic E-state index is 3.63. The molecule has 0 aliphatic heterocycles. The maximum absolute atomic E-state index is 3.63. The van der Waals surface area contributed by atoms with Crippen molar-refractivity contribution in [2.75, 3.05) is 16.0 Å². The van der Waals surface area contributed by atoms with Crippen LogP contribution < -0.4 is 0 Å². The normalized spacial score (nSPS) is 14.1. The Kier molecular flexibility index (Phi) is 9.02. The molecule has 0 saturated heterocycles. The van der Waals surface area contributed by atoms with Crippen molar-refractivity contribution in [1.29, 1.82) is 0 Å². The molecule has 4 heteroatoms. The van der Waals surface area contributed by atoms with Crippen LogP contribution >= 0.6 is 63.7 Å². The van der Waals surface area contributed by atoms with Crippen LogP contribution in [0, 0.1) is 5.92 Å². The fraction of sp³-hybridized carbons (Fsp3) is 1.00. The van der Waals surface area contributed by atoms with E-state index in [9.17, 15) is 0 Å². The SMILES string of the molecule is BrCCC(Br)C(CBr)CBr. The van der Waals surface area contributed by atoms with E-state index in [1.165, 1.54) is 6.42 Å². The maximum Gasteiger partial charge on any atom is 0.0198 e. The van der Waals surface area contributed by atoms with E-state index in [1.807, 2.05) is 0 Å². The Bertz CT molecular complexity index is 72.1. The Morgan fingerprint density at radius 2 is 1.50 bits per heavy atom. The van der Waals surface area contributed by atoms with Gasteiger partial charge in [-0.25, -0.2) is 0 Å². The zero-order chi connectivity index (χ0) is 7.98. The highest BCUT2D eigenvalue weighted by Crippen LogP contribution is 2.21. The summed E-state index contributed by atoms with van der Waals surface area (Å²) in [6.45, 7) is 0. The predicted octanol–water partition coefficient (Wildman–Crippen LogP) is 3.94. The van der Waals surface area contributed by atoms with Crippen LogP contribution in [-0.2, 0) is 0 Å². The summed E-state index contributed by atoms with van der Waals surface area (Å²) in [5, 5.41) is 3.18. The smallest absolute Gasteiger partial charge is 0.0198 e. The third-order valence-corrected chi connectivity index (χ3v) is 4.62. The van der Waals surface area contributed by atoms with Gasteiger partial charge in [-0.1, -0.05) is 63.7 Å². The molecule has 1 atom stereocenters. The fourth-order valence-electron chi connectivity index (χ4n) is 0.575. The molecule has 0 nitrogen and oxygen atoms in total. The number of alkyl halides is 4. The van der Waals surface area contributed by atoms with Gasteiger partial charge in [0.2, 0.25) is 0 Å². The van der Waals surface area contributed by atoms with Crippen molar-refractivity contribution in [2.24, 2.45) is 5.92 Å². The number of hydrogen-bond acceptors (Lipinski definition) is 0. The van der Waals surface area contributed by atoms with E-state index in [1.54, 1.807) is 0 Å². The lowest BCUT2D eigenvalue weighted by molar-refractivity contribution is 0.633. The minimum Gasteiger partial charge on any atom is -0.0928 e. The van der Waals surface area contributed by atoms with Gasteiger partial charge < -0.3 is 0 Å². The van der Waals surface area contributed by atoms with Gasteiger partial charge in [0.15, 0.2) is 0 Å². The summed E-state index contributed by atoms with van der Waals surface area (Å²) in [7, 11) is 0. The molecule has 0 aromatic rings. The highest BCUT2D eigenvalue weighted by molar-refractivity contribution is 9.10. The molecule has 1 unspecified atom stereocenters. The Morgan fingerprint density at radius 3 is 1.80 bits per heavy atom. The van der Waals surface area contributed by atoms with Gasteiger partial charge in [0.25, 0.3) is 0 Å². The Hall–Kier alpha value is 1.92. The van der Waals surface area contributed by atoms with Crippen molar-refractivity contribution in [3.05, 3.63) is 0 Å². The van der Waals surface area contributed by atoms with E-state index >= 15 is 0 Å². The van der Waals surface area contributed by atoms with Crippen LogP contribution in [0.2, 0.25) is 0 Å². The summed E-state index contributed by atoms with van der Waals surface area (Å²) >= 11 is 14.0. The molecule has 0 aliphatic rings. The predicted molar refractivity (Wildman–Crippen MR) is 62.2 cm³/mol. The first-order valence-electron chi connectivity index (χ1n) is 3.08. The second kappa shape index (κ2) is 7.56. The average molecular weight is 402 g/mol. The lowest BCUT2D eigenvalue weighted by atomic mass is 10.1. The highest BCUT2D eigenvalue weighted by atomic mass is 79.9. The highest BCUT2D eigenvalue weighted by Gasteiger charge is 2.15. The molecule has 10 heavy (non-hydrogen) atoms. The van der Waals surface area contributed by atoms with Gasteiger partial charge in [0.1, 0.15) is 0 Å². The van der Waals surface area contributed by atoms with Crippen molar-refractivity contribution >= 4 is 63.7 Å². The minimum atomic E-state index is 0.616. The van der Waals surface area contributed by atoms with Crippen molar-refractivity contribution < 1.29 is 0 Å². The van der Waals surface area contributed by atoms with Crippen LogP contribution in [-0.4, -0.2) is 20.8 Å². The molecule has 62 valence electrons. The van der Waals surface area contributed by atoms with E-state index in [0.29, 0.717) is 10.7 Å². The van der Waals surface area contributed by atoms with Gasteiger partial charge in [-0.2, -0.15) is 0 Å². The lowest BCUT2D eigenvalue weighted by Gasteiger charge is -2.16. The molecular weight excluding hydrogens is 392 g/mol. The van der Waals surface area contributed by atoms with Crippen LogP contribution in [0.5, 0.6) is 0 Å². The van der Waals surface area contributed by atoms with Crippen LogP contribution in [0.25, 0.3) is 0 Å².